The molecule has 0 aliphatic carbocycles. The van der Waals surface area contributed by atoms with E-state index in [0.29, 0.717) is 0 Å². The molecule has 0 saturated carbocycles. The molecule has 0 aromatic carbocycles. The molecule has 3 nitrogen and oxygen atoms in total. The summed E-state index contributed by atoms with van der Waals surface area (Å²) in [5.74, 6) is 0. The van der Waals surface area contributed by atoms with Gasteiger partial charge >= 0.3 is 0 Å². The van der Waals surface area contributed by atoms with Crippen molar-refractivity contribution >= 4 is 0 Å². The molecular formula is C8H14O3. The fourth-order valence-corrected chi connectivity index (χ4v) is 0.625. The van der Waals surface area contributed by atoms with Gasteiger partial charge in [-0.25, -0.2) is 4.89 Å². The molecule has 0 spiro atoms. The Labute approximate surface area is 66.9 Å². The maximum Gasteiger partial charge on any atom is 0.233 e. The van der Waals surface area contributed by atoms with Gasteiger partial charge < -0.3 is 4.74 Å². The normalized spacial score (nSPS) is 23.7. The van der Waals surface area contributed by atoms with Crippen LogP contribution in [-0.4, -0.2) is 11.9 Å². The maximum absolute atomic E-state index is 5.05. The minimum absolute atomic E-state index is 0.255. The van der Waals surface area contributed by atoms with E-state index < -0.39 is 0 Å². The van der Waals surface area contributed by atoms with Crippen LogP contribution in [0.15, 0.2) is 12.3 Å². The molecule has 1 aliphatic heterocycles. The first-order valence-corrected chi connectivity index (χ1v) is 3.73. The van der Waals surface area contributed by atoms with Crippen molar-refractivity contribution in [2.75, 3.05) is 0 Å². The molecule has 64 valence electrons. The number of hydrogen-bond donors (Lipinski definition) is 0. The molecule has 1 atom stereocenters. The minimum Gasteiger partial charge on any atom is -0.470 e. The summed E-state index contributed by atoms with van der Waals surface area (Å²) >= 11 is 0. The van der Waals surface area contributed by atoms with Crippen LogP contribution in [0.1, 0.15) is 27.2 Å². The lowest BCUT2D eigenvalue weighted by Crippen LogP contribution is -2.23. The van der Waals surface area contributed by atoms with E-state index in [0.717, 1.165) is 6.42 Å². The van der Waals surface area contributed by atoms with Crippen LogP contribution in [0.25, 0.3) is 0 Å². The second kappa shape index (κ2) is 3.24. The largest absolute Gasteiger partial charge is 0.470 e. The maximum atomic E-state index is 5.05. The highest BCUT2D eigenvalue weighted by molar-refractivity contribution is 4.81. The number of ether oxygens (including phenoxy) is 1. The molecule has 0 N–H and O–H groups in total. The van der Waals surface area contributed by atoms with Crippen molar-refractivity contribution in [3.05, 3.63) is 12.3 Å². The zero-order valence-electron chi connectivity index (χ0n) is 7.16. The van der Waals surface area contributed by atoms with Crippen LogP contribution in [0.3, 0.4) is 0 Å². The molecule has 0 saturated heterocycles. The van der Waals surface area contributed by atoms with Gasteiger partial charge in [0.25, 0.3) is 0 Å². The minimum atomic E-state index is -0.272. The van der Waals surface area contributed by atoms with E-state index in [1.54, 1.807) is 6.26 Å². The molecule has 0 amide bonds. The average Bonchev–Trinajstić information content (AvgIpc) is 2.32. The molecule has 0 aromatic rings. The molecule has 1 heterocycles. The third-order valence-electron chi connectivity index (χ3n) is 1.06. The SMILES string of the molecule is CC(C)(C)OOC1CC=CO1. The van der Waals surface area contributed by atoms with E-state index >= 15 is 0 Å². The predicted octanol–water partition coefficient (Wildman–Crippen LogP) is 1.99. The Morgan fingerprint density at radius 3 is 2.64 bits per heavy atom. The fraction of sp³-hybridized carbons (Fsp3) is 0.750. The van der Waals surface area contributed by atoms with Gasteiger partial charge in [0.2, 0.25) is 6.29 Å². The summed E-state index contributed by atoms with van der Waals surface area (Å²) in [6, 6.07) is 0. The van der Waals surface area contributed by atoms with E-state index in [2.05, 4.69) is 0 Å². The van der Waals surface area contributed by atoms with Gasteiger partial charge in [-0.2, -0.15) is 4.89 Å². The Kier molecular flexibility index (Phi) is 2.52. The van der Waals surface area contributed by atoms with Crippen molar-refractivity contribution in [1.29, 1.82) is 0 Å². The third-order valence-corrected chi connectivity index (χ3v) is 1.06. The van der Waals surface area contributed by atoms with Crippen LogP contribution in [0, 0.1) is 0 Å². The molecular weight excluding hydrogens is 144 g/mol. The van der Waals surface area contributed by atoms with E-state index in [4.69, 9.17) is 14.5 Å². The highest BCUT2D eigenvalue weighted by Crippen LogP contribution is 2.15. The monoisotopic (exact) mass is 158 g/mol. The first kappa shape index (κ1) is 8.56. The molecule has 1 rings (SSSR count). The van der Waals surface area contributed by atoms with Gasteiger partial charge in [0.15, 0.2) is 0 Å². The molecule has 0 bridgehead atoms. The highest BCUT2D eigenvalue weighted by Gasteiger charge is 2.18. The Morgan fingerprint density at radius 1 is 1.45 bits per heavy atom. The average molecular weight is 158 g/mol. The van der Waals surface area contributed by atoms with E-state index in [1.807, 2.05) is 26.8 Å². The zero-order chi connectivity index (χ0) is 8.32. The second-order valence-electron chi connectivity index (χ2n) is 3.47. The molecule has 1 unspecified atom stereocenters. The molecule has 0 radical (unpaired) electrons. The molecule has 1 aliphatic rings. The summed E-state index contributed by atoms with van der Waals surface area (Å²) in [7, 11) is 0. The van der Waals surface area contributed by atoms with Crippen LogP contribution in [0.5, 0.6) is 0 Å². The van der Waals surface area contributed by atoms with Gasteiger partial charge in [-0.1, -0.05) is 0 Å². The zero-order valence-corrected chi connectivity index (χ0v) is 7.16. The van der Waals surface area contributed by atoms with Gasteiger partial charge in [0.1, 0.15) is 0 Å². The van der Waals surface area contributed by atoms with Crippen LogP contribution >= 0.6 is 0 Å². The first-order valence-electron chi connectivity index (χ1n) is 3.73. The molecule has 11 heavy (non-hydrogen) atoms. The topological polar surface area (TPSA) is 27.7 Å². The van der Waals surface area contributed by atoms with Gasteiger partial charge in [-0.15, -0.1) is 0 Å². The lowest BCUT2D eigenvalue weighted by molar-refractivity contribution is -0.405. The summed E-state index contributed by atoms with van der Waals surface area (Å²) in [5.41, 5.74) is -0.272. The smallest absolute Gasteiger partial charge is 0.233 e. The van der Waals surface area contributed by atoms with E-state index in [1.165, 1.54) is 0 Å². The lowest BCUT2D eigenvalue weighted by atomic mass is 10.2. The Bertz CT molecular complexity index is 138. The highest BCUT2D eigenvalue weighted by atomic mass is 17.2. The second-order valence-corrected chi connectivity index (χ2v) is 3.47. The fourth-order valence-electron chi connectivity index (χ4n) is 0.625. The Morgan fingerprint density at radius 2 is 2.18 bits per heavy atom. The van der Waals surface area contributed by atoms with E-state index in [9.17, 15) is 0 Å². The van der Waals surface area contributed by atoms with Crippen molar-refractivity contribution in [3.63, 3.8) is 0 Å². The quantitative estimate of drug-likeness (QED) is 0.454. The Balaban J connectivity index is 2.13. The summed E-state index contributed by atoms with van der Waals surface area (Å²) in [6.45, 7) is 5.78. The van der Waals surface area contributed by atoms with Crippen LogP contribution in [0.4, 0.5) is 0 Å². The van der Waals surface area contributed by atoms with Crippen molar-refractivity contribution in [2.24, 2.45) is 0 Å². The molecule has 0 aromatic heterocycles. The van der Waals surface area contributed by atoms with Crippen molar-refractivity contribution in [2.45, 2.75) is 39.1 Å². The number of rotatable bonds is 2. The van der Waals surface area contributed by atoms with Crippen LogP contribution < -0.4 is 0 Å². The third kappa shape index (κ3) is 3.39. The lowest BCUT2D eigenvalue weighted by Gasteiger charge is -2.20. The number of hydrogen-bond acceptors (Lipinski definition) is 3. The van der Waals surface area contributed by atoms with Crippen LogP contribution in [0.2, 0.25) is 0 Å². The predicted molar refractivity (Wildman–Crippen MR) is 40.6 cm³/mol. The Hall–Kier alpha value is -0.540. The summed E-state index contributed by atoms with van der Waals surface area (Å²) in [6.07, 6.45) is 4.03. The first-order chi connectivity index (χ1) is 5.08. The summed E-state index contributed by atoms with van der Waals surface area (Å²) in [4.78, 5) is 10.0. The van der Waals surface area contributed by atoms with E-state index in [-0.39, 0.29) is 11.9 Å². The summed E-state index contributed by atoms with van der Waals surface area (Å²) in [5, 5.41) is 0. The summed E-state index contributed by atoms with van der Waals surface area (Å²) < 4.78 is 5.02. The standard InChI is InChI=1S/C8H14O3/c1-8(2,3)11-10-7-5-4-6-9-7/h4,6-7H,5H2,1-3H3. The van der Waals surface area contributed by atoms with Gasteiger partial charge in [-0.3, -0.25) is 0 Å². The van der Waals surface area contributed by atoms with Crippen molar-refractivity contribution in [1.82, 2.24) is 0 Å². The van der Waals surface area contributed by atoms with Crippen molar-refractivity contribution < 1.29 is 14.5 Å². The van der Waals surface area contributed by atoms with Gasteiger partial charge in [-0.05, 0) is 26.8 Å². The molecule has 3 heteroatoms. The van der Waals surface area contributed by atoms with Gasteiger partial charge in [0, 0.05) is 6.42 Å². The molecule has 0 fully saturated rings. The van der Waals surface area contributed by atoms with Crippen LogP contribution in [-0.2, 0) is 14.5 Å². The van der Waals surface area contributed by atoms with Gasteiger partial charge in [0.05, 0.1) is 11.9 Å². The van der Waals surface area contributed by atoms with Crippen molar-refractivity contribution in [3.8, 4) is 0 Å².